The number of nitrogens with one attached hydrogen (secondary N) is 1. The van der Waals surface area contributed by atoms with Crippen molar-refractivity contribution in [3.63, 3.8) is 0 Å². The molecule has 0 aromatic heterocycles. The summed E-state index contributed by atoms with van der Waals surface area (Å²) in [5.74, 6) is 0. The molecule has 0 aromatic carbocycles. The first kappa shape index (κ1) is 12.3. The van der Waals surface area contributed by atoms with E-state index in [0.29, 0.717) is 6.61 Å². The Morgan fingerprint density at radius 3 is 1.94 bits per heavy atom. The van der Waals surface area contributed by atoms with Crippen molar-refractivity contribution in [2.24, 2.45) is 5.41 Å². The van der Waals surface area contributed by atoms with Crippen LogP contribution >= 0.6 is 0 Å². The van der Waals surface area contributed by atoms with Gasteiger partial charge in [0.25, 0.3) is 0 Å². The molecule has 2 aliphatic rings. The van der Waals surface area contributed by atoms with E-state index in [1.54, 1.807) is 0 Å². The maximum Gasteiger partial charge on any atom is 0.0613 e. The van der Waals surface area contributed by atoms with E-state index in [-0.39, 0.29) is 17.6 Å². The molecule has 2 aliphatic carbocycles. The van der Waals surface area contributed by atoms with E-state index in [4.69, 9.17) is 0 Å². The fourth-order valence-electron chi connectivity index (χ4n) is 3.06. The van der Waals surface area contributed by atoms with Crippen LogP contribution in [0.3, 0.4) is 0 Å². The third-order valence-corrected chi connectivity index (χ3v) is 4.70. The van der Waals surface area contributed by atoms with Gasteiger partial charge in [-0.05, 0) is 32.1 Å². The fraction of sp³-hybridized carbons (Fsp3) is 1.00. The molecule has 3 N–H and O–H groups in total. The first-order valence-corrected chi connectivity index (χ1v) is 6.71. The monoisotopic (exact) mass is 227 g/mol. The minimum absolute atomic E-state index is 0.0143. The Bertz CT molecular complexity index is 214. The van der Waals surface area contributed by atoms with E-state index < -0.39 is 0 Å². The van der Waals surface area contributed by atoms with Crippen molar-refractivity contribution in [3.8, 4) is 0 Å². The Hall–Kier alpha value is -0.120. The molecule has 0 aromatic rings. The third-order valence-electron chi connectivity index (χ3n) is 4.70. The lowest BCUT2D eigenvalue weighted by Crippen LogP contribution is -2.57. The van der Waals surface area contributed by atoms with Crippen LogP contribution in [0.4, 0.5) is 0 Å². The zero-order valence-corrected chi connectivity index (χ0v) is 10.2. The van der Waals surface area contributed by atoms with Gasteiger partial charge in [0.15, 0.2) is 0 Å². The lowest BCUT2D eigenvalue weighted by atomic mass is 9.72. The van der Waals surface area contributed by atoms with Crippen molar-refractivity contribution < 1.29 is 10.2 Å². The minimum atomic E-state index is -0.0143. The summed E-state index contributed by atoms with van der Waals surface area (Å²) in [7, 11) is 0. The van der Waals surface area contributed by atoms with E-state index in [0.717, 1.165) is 32.2 Å². The molecule has 0 unspecified atom stereocenters. The van der Waals surface area contributed by atoms with Crippen molar-refractivity contribution in [2.45, 2.75) is 56.9 Å². The summed E-state index contributed by atoms with van der Waals surface area (Å²) in [6.07, 6.45) is 9.47. The molecule has 2 fully saturated rings. The summed E-state index contributed by atoms with van der Waals surface area (Å²) in [4.78, 5) is 0. The first-order chi connectivity index (χ1) is 7.74. The van der Waals surface area contributed by atoms with Crippen molar-refractivity contribution in [1.29, 1.82) is 0 Å². The molecule has 3 nitrogen and oxygen atoms in total. The molecule has 3 heteroatoms. The Balaban J connectivity index is 1.86. The van der Waals surface area contributed by atoms with E-state index in [9.17, 15) is 10.2 Å². The summed E-state index contributed by atoms with van der Waals surface area (Å²) in [6.45, 7) is 1.42. The van der Waals surface area contributed by atoms with E-state index >= 15 is 0 Å². The highest BCUT2D eigenvalue weighted by molar-refractivity contribution is 4.97. The number of hydrogen-bond donors (Lipinski definition) is 3. The van der Waals surface area contributed by atoms with Crippen LogP contribution in [-0.4, -0.2) is 35.5 Å². The number of aliphatic hydroxyl groups excluding tert-OH is 2. The Kier molecular flexibility index (Phi) is 3.88. The molecule has 0 heterocycles. The standard InChI is InChI=1S/C13H25NO2/c15-10-12(5-2-1-3-6-12)9-14-13(11-16)7-4-8-13/h14-16H,1-11H2. The molecule has 0 amide bonds. The van der Waals surface area contributed by atoms with Crippen LogP contribution in [-0.2, 0) is 0 Å². The smallest absolute Gasteiger partial charge is 0.0613 e. The molecule has 0 radical (unpaired) electrons. The molecule has 0 bridgehead atoms. The van der Waals surface area contributed by atoms with Crippen LogP contribution in [0, 0.1) is 5.41 Å². The molecule has 0 saturated heterocycles. The van der Waals surface area contributed by atoms with Gasteiger partial charge in [-0.1, -0.05) is 19.3 Å². The molecular weight excluding hydrogens is 202 g/mol. The van der Waals surface area contributed by atoms with Gasteiger partial charge in [-0.25, -0.2) is 0 Å². The predicted octanol–water partition coefficient (Wildman–Crippen LogP) is 1.43. The molecule has 16 heavy (non-hydrogen) atoms. The topological polar surface area (TPSA) is 52.5 Å². The van der Waals surface area contributed by atoms with E-state index in [1.807, 2.05) is 0 Å². The maximum absolute atomic E-state index is 9.60. The van der Waals surface area contributed by atoms with Crippen LogP contribution < -0.4 is 5.32 Å². The minimum Gasteiger partial charge on any atom is -0.396 e. The van der Waals surface area contributed by atoms with Gasteiger partial charge in [-0.2, -0.15) is 0 Å². The number of rotatable bonds is 5. The van der Waals surface area contributed by atoms with Gasteiger partial charge < -0.3 is 15.5 Å². The van der Waals surface area contributed by atoms with Crippen LogP contribution in [0.25, 0.3) is 0 Å². The first-order valence-electron chi connectivity index (χ1n) is 6.71. The van der Waals surface area contributed by atoms with Gasteiger partial charge in [0.05, 0.1) is 6.61 Å². The fourth-order valence-corrected chi connectivity index (χ4v) is 3.06. The quantitative estimate of drug-likeness (QED) is 0.666. The van der Waals surface area contributed by atoms with Gasteiger partial charge in [-0.3, -0.25) is 0 Å². The lowest BCUT2D eigenvalue weighted by molar-refractivity contribution is 0.0373. The highest BCUT2D eigenvalue weighted by atomic mass is 16.3. The number of hydrogen-bond acceptors (Lipinski definition) is 3. The zero-order chi connectivity index (χ0) is 11.5. The van der Waals surface area contributed by atoms with Gasteiger partial charge in [0.2, 0.25) is 0 Å². The normalized spacial score (nSPS) is 27.4. The van der Waals surface area contributed by atoms with Crippen molar-refractivity contribution in [2.75, 3.05) is 19.8 Å². The Morgan fingerprint density at radius 1 is 0.812 bits per heavy atom. The lowest BCUT2D eigenvalue weighted by Gasteiger charge is -2.45. The average Bonchev–Trinajstić information content (AvgIpc) is 2.29. The summed E-state index contributed by atoms with van der Waals surface area (Å²) >= 11 is 0. The zero-order valence-electron chi connectivity index (χ0n) is 10.2. The van der Waals surface area contributed by atoms with Crippen molar-refractivity contribution >= 4 is 0 Å². The van der Waals surface area contributed by atoms with E-state index in [2.05, 4.69) is 5.32 Å². The molecule has 0 spiro atoms. The maximum atomic E-state index is 9.60. The van der Waals surface area contributed by atoms with Crippen molar-refractivity contribution in [1.82, 2.24) is 5.32 Å². The SMILES string of the molecule is OCC1(CNC2(CO)CCC2)CCCCC1. The van der Waals surface area contributed by atoms with Crippen LogP contribution in [0.5, 0.6) is 0 Å². The van der Waals surface area contributed by atoms with Gasteiger partial charge in [0, 0.05) is 24.1 Å². The predicted molar refractivity (Wildman–Crippen MR) is 64.3 cm³/mol. The highest BCUT2D eigenvalue weighted by Gasteiger charge is 2.39. The van der Waals surface area contributed by atoms with E-state index in [1.165, 1.54) is 25.7 Å². The third kappa shape index (κ3) is 2.41. The van der Waals surface area contributed by atoms with Gasteiger partial charge >= 0.3 is 0 Å². The van der Waals surface area contributed by atoms with Crippen molar-refractivity contribution in [3.05, 3.63) is 0 Å². The van der Waals surface area contributed by atoms with Gasteiger partial charge in [-0.15, -0.1) is 0 Å². The second kappa shape index (κ2) is 5.03. The average molecular weight is 227 g/mol. The van der Waals surface area contributed by atoms with Gasteiger partial charge in [0.1, 0.15) is 0 Å². The molecule has 2 rings (SSSR count). The summed E-state index contributed by atoms with van der Waals surface area (Å²) < 4.78 is 0. The summed E-state index contributed by atoms with van der Waals surface area (Å²) in [5, 5.41) is 22.5. The molecule has 0 atom stereocenters. The molecule has 0 aliphatic heterocycles. The number of aliphatic hydroxyl groups is 2. The molecule has 94 valence electrons. The molecule has 2 saturated carbocycles. The van der Waals surface area contributed by atoms with Crippen LogP contribution in [0.1, 0.15) is 51.4 Å². The van der Waals surface area contributed by atoms with Crippen LogP contribution in [0.2, 0.25) is 0 Å². The highest BCUT2D eigenvalue weighted by Crippen LogP contribution is 2.37. The van der Waals surface area contributed by atoms with Crippen LogP contribution in [0.15, 0.2) is 0 Å². The summed E-state index contributed by atoms with van der Waals surface area (Å²) in [5.41, 5.74) is 0.0790. The summed E-state index contributed by atoms with van der Waals surface area (Å²) in [6, 6.07) is 0. The Morgan fingerprint density at radius 2 is 1.50 bits per heavy atom. The Labute approximate surface area is 98.2 Å². The largest absolute Gasteiger partial charge is 0.396 e. The second-order valence-corrected chi connectivity index (χ2v) is 5.86. The second-order valence-electron chi connectivity index (χ2n) is 5.86. The molecular formula is C13H25NO2.